The molecule has 0 atom stereocenters. The van der Waals surface area contributed by atoms with E-state index >= 15 is 0 Å². The van der Waals surface area contributed by atoms with Crippen molar-refractivity contribution < 1.29 is 9.21 Å². The molecule has 2 N–H and O–H groups in total. The van der Waals surface area contributed by atoms with Gasteiger partial charge in [-0.25, -0.2) is 4.98 Å². The summed E-state index contributed by atoms with van der Waals surface area (Å²) in [5.41, 5.74) is 2.66. The first-order chi connectivity index (χ1) is 17.0. The smallest absolute Gasteiger partial charge is 0.258 e. The van der Waals surface area contributed by atoms with Crippen LogP contribution in [0.5, 0.6) is 0 Å². The van der Waals surface area contributed by atoms with Crippen molar-refractivity contribution >= 4 is 16.8 Å². The maximum absolute atomic E-state index is 12.5. The minimum Gasteiger partial charge on any atom is -0.420 e. The third-order valence-electron chi connectivity index (χ3n) is 6.66. The number of aryl methyl sites for hydroxylation is 2. The molecule has 0 bridgehead atoms. The molecule has 5 rings (SSSR count). The van der Waals surface area contributed by atoms with Crippen molar-refractivity contribution in [3.8, 4) is 11.5 Å². The van der Waals surface area contributed by atoms with E-state index in [1.165, 1.54) is 5.56 Å². The van der Waals surface area contributed by atoms with Gasteiger partial charge in [-0.15, -0.1) is 10.2 Å². The van der Waals surface area contributed by atoms with Crippen molar-refractivity contribution in [2.45, 2.75) is 63.8 Å². The van der Waals surface area contributed by atoms with Gasteiger partial charge >= 0.3 is 0 Å². The molecule has 0 unspecified atom stereocenters. The Labute approximate surface area is 203 Å². The normalized spacial score (nSPS) is 18.0. The third-order valence-corrected chi connectivity index (χ3v) is 6.66. The maximum atomic E-state index is 12.5. The van der Waals surface area contributed by atoms with Gasteiger partial charge in [0.2, 0.25) is 17.7 Å². The van der Waals surface area contributed by atoms with Gasteiger partial charge in [-0.2, -0.15) is 0 Å². The highest BCUT2D eigenvalue weighted by Crippen LogP contribution is 2.33. The van der Waals surface area contributed by atoms with Gasteiger partial charge < -0.3 is 14.7 Å². The Morgan fingerprint density at radius 3 is 2.63 bits per heavy atom. The highest BCUT2D eigenvalue weighted by molar-refractivity contribution is 5.77. The summed E-state index contributed by atoms with van der Waals surface area (Å²) in [6.45, 7) is 2.05. The number of rotatable bonds is 7. The van der Waals surface area contributed by atoms with Crippen molar-refractivity contribution in [2.75, 3.05) is 0 Å². The first kappa shape index (κ1) is 23.0. The van der Waals surface area contributed by atoms with Gasteiger partial charge in [0.05, 0.1) is 10.9 Å². The highest BCUT2D eigenvalue weighted by Gasteiger charge is 2.27. The van der Waals surface area contributed by atoms with Crippen LogP contribution in [0.3, 0.4) is 0 Å². The van der Waals surface area contributed by atoms with Crippen molar-refractivity contribution in [2.24, 2.45) is 0 Å². The van der Waals surface area contributed by atoms with E-state index in [9.17, 15) is 9.59 Å². The van der Waals surface area contributed by atoms with E-state index in [-0.39, 0.29) is 23.4 Å². The van der Waals surface area contributed by atoms with E-state index in [4.69, 9.17) is 4.42 Å². The molecule has 35 heavy (non-hydrogen) atoms. The standard InChI is InChI=1S/C27H29N5O3/c1-17-9-11-18(12-10-17)26-31-32-27(35-26)19-13-15-20(16-14-19)28-24(33)8-4-7-23-29-22-6-3-2-5-21(22)25(34)30-23/h2-3,5-6,9-12,19-20H,4,7-8,13-16H2,1H3,(H,28,33)(H,29,30,34)/t19-,20-. The van der Waals surface area contributed by atoms with E-state index in [0.29, 0.717) is 47.8 Å². The first-order valence-electron chi connectivity index (χ1n) is 12.2. The first-order valence-corrected chi connectivity index (χ1v) is 12.2. The van der Waals surface area contributed by atoms with E-state index in [2.05, 4.69) is 25.5 Å². The number of hydrogen-bond acceptors (Lipinski definition) is 6. The Morgan fingerprint density at radius 2 is 1.83 bits per heavy atom. The number of para-hydroxylation sites is 1. The Morgan fingerprint density at radius 1 is 1.06 bits per heavy atom. The zero-order valence-corrected chi connectivity index (χ0v) is 19.8. The molecule has 2 aromatic carbocycles. The minimum absolute atomic E-state index is 0.0380. The van der Waals surface area contributed by atoms with Crippen LogP contribution >= 0.6 is 0 Å². The van der Waals surface area contributed by atoms with Crippen molar-refractivity contribution in [3.63, 3.8) is 0 Å². The largest absolute Gasteiger partial charge is 0.420 e. The number of aromatic amines is 1. The number of aromatic nitrogens is 4. The van der Waals surface area contributed by atoms with Crippen molar-refractivity contribution in [1.82, 2.24) is 25.5 Å². The fourth-order valence-corrected chi connectivity index (χ4v) is 4.67. The van der Waals surface area contributed by atoms with Gasteiger partial charge in [-0.1, -0.05) is 29.8 Å². The summed E-state index contributed by atoms with van der Waals surface area (Å²) < 4.78 is 5.95. The van der Waals surface area contributed by atoms with Crippen LogP contribution in [0.4, 0.5) is 0 Å². The van der Waals surface area contributed by atoms with Crippen LogP contribution in [0.15, 0.2) is 57.7 Å². The molecule has 1 aliphatic carbocycles. The minimum atomic E-state index is -0.140. The molecule has 8 heteroatoms. The molecule has 180 valence electrons. The Kier molecular flexibility index (Phi) is 6.70. The molecule has 0 spiro atoms. The molecule has 0 radical (unpaired) electrons. The molecule has 2 aromatic heterocycles. The summed E-state index contributed by atoms with van der Waals surface area (Å²) in [7, 11) is 0. The molecular weight excluding hydrogens is 442 g/mol. The number of carbonyl (C=O) groups excluding carboxylic acids is 1. The number of H-pyrrole nitrogens is 1. The van der Waals surface area contributed by atoms with Gasteiger partial charge in [0.25, 0.3) is 5.56 Å². The molecule has 1 fully saturated rings. The number of nitrogens with zero attached hydrogens (tertiary/aromatic N) is 3. The van der Waals surface area contributed by atoms with Gasteiger partial charge in [0.1, 0.15) is 5.82 Å². The molecule has 1 amide bonds. The molecule has 0 saturated heterocycles. The van der Waals surface area contributed by atoms with E-state index in [1.807, 2.05) is 49.4 Å². The van der Waals surface area contributed by atoms with Crippen LogP contribution in [-0.4, -0.2) is 32.1 Å². The predicted molar refractivity (Wildman–Crippen MR) is 133 cm³/mol. The van der Waals surface area contributed by atoms with Crippen LogP contribution in [-0.2, 0) is 11.2 Å². The Balaban J connectivity index is 1.07. The second kappa shape index (κ2) is 10.2. The fraction of sp³-hybridized carbons (Fsp3) is 0.370. The molecule has 0 aliphatic heterocycles. The number of carbonyl (C=O) groups is 1. The van der Waals surface area contributed by atoms with E-state index in [0.717, 1.165) is 31.2 Å². The quantitative estimate of drug-likeness (QED) is 0.412. The van der Waals surface area contributed by atoms with Crippen LogP contribution in [0.2, 0.25) is 0 Å². The Hall–Kier alpha value is -3.81. The van der Waals surface area contributed by atoms with Gasteiger partial charge in [-0.3, -0.25) is 9.59 Å². The molecule has 4 aromatic rings. The zero-order valence-electron chi connectivity index (χ0n) is 19.8. The average molecular weight is 472 g/mol. The molecule has 8 nitrogen and oxygen atoms in total. The topological polar surface area (TPSA) is 114 Å². The summed E-state index contributed by atoms with van der Waals surface area (Å²) in [4.78, 5) is 32.0. The lowest BCUT2D eigenvalue weighted by Gasteiger charge is -2.27. The second-order valence-electron chi connectivity index (χ2n) is 9.31. The highest BCUT2D eigenvalue weighted by atomic mass is 16.4. The molecule has 1 aliphatic rings. The lowest BCUT2D eigenvalue weighted by molar-refractivity contribution is -0.122. The SMILES string of the molecule is Cc1ccc(-c2nnc([C@H]3CC[C@H](NC(=O)CCCc4nc5ccccc5c(=O)[nH]4)CC3)o2)cc1. The maximum Gasteiger partial charge on any atom is 0.258 e. The monoisotopic (exact) mass is 471 g/mol. The molecule has 1 saturated carbocycles. The van der Waals surface area contributed by atoms with Crippen LogP contribution in [0.1, 0.15) is 61.7 Å². The fourth-order valence-electron chi connectivity index (χ4n) is 4.67. The molecular formula is C27H29N5O3. The molecule has 2 heterocycles. The summed E-state index contributed by atoms with van der Waals surface area (Å²) in [5.74, 6) is 2.12. The van der Waals surface area contributed by atoms with E-state index in [1.54, 1.807) is 6.07 Å². The predicted octanol–water partition coefficient (Wildman–Crippen LogP) is 4.45. The third kappa shape index (κ3) is 5.48. The van der Waals surface area contributed by atoms with Crippen molar-refractivity contribution in [3.05, 3.63) is 76.2 Å². The van der Waals surface area contributed by atoms with Crippen LogP contribution in [0, 0.1) is 6.92 Å². The van der Waals surface area contributed by atoms with Crippen LogP contribution < -0.4 is 10.9 Å². The summed E-state index contributed by atoms with van der Waals surface area (Å²) >= 11 is 0. The zero-order chi connectivity index (χ0) is 24.2. The van der Waals surface area contributed by atoms with Gasteiger partial charge in [0.15, 0.2) is 0 Å². The van der Waals surface area contributed by atoms with Gasteiger partial charge in [0, 0.05) is 30.4 Å². The van der Waals surface area contributed by atoms with Crippen molar-refractivity contribution in [1.29, 1.82) is 0 Å². The lowest BCUT2D eigenvalue weighted by atomic mass is 9.86. The second-order valence-corrected chi connectivity index (χ2v) is 9.31. The number of fused-ring (bicyclic) bond motifs is 1. The van der Waals surface area contributed by atoms with Crippen LogP contribution in [0.25, 0.3) is 22.4 Å². The summed E-state index contributed by atoms with van der Waals surface area (Å²) in [5, 5.41) is 12.2. The number of hydrogen-bond donors (Lipinski definition) is 2. The summed E-state index contributed by atoms with van der Waals surface area (Å²) in [6, 6.07) is 15.5. The number of benzene rings is 2. The number of amides is 1. The number of nitrogens with one attached hydrogen (secondary N) is 2. The average Bonchev–Trinajstić information content (AvgIpc) is 3.35. The lowest BCUT2D eigenvalue weighted by Crippen LogP contribution is -2.37. The Bertz CT molecular complexity index is 1370. The summed E-state index contributed by atoms with van der Waals surface area (Å²) in [6.07, 6.45) is 5.18. The van der Waals surface area contributed by atoms with Gasteiger partial charge in [-0.05, 0) is 63.3 Å². The van der Waals surface area contributed by atoms with E-state index < -0.39 is 0 Å².